The van der Waals surface area contributed by atoms with Crippen LogP contribution < -0.4 is 9.47 Å². The SMILES string of the molecule is CCOc1ccc(OC(=O)c2ccco2)cc1. The van der Waals surface area contributed by atoms with E-state index in [4.69, 9.17) is 13.9 Å². The summed E-state index contributed by atoms with van der Waals surface area (Å²) in [6, 6.07) is 10.0. The molecule has 0 aliphatic carbocycles. The van der Waals surface area contributed by atoms with Gasteiger partial charge >= 0.3 is 5.97 Å². The molecule has 0 radical (unpaired) electrons. The molecule has 0 aliphatic heterocycles. The second-order valence-electron chi connectivity index (χ2n) is 3.27. The molecule has 0 saturated carbocycles. The van der Waals surface area contributed by atoms with Crippen LogP contribution in [0.4, 0.5) is 0 Å². The number of furan rings is 1. The van der Waals surface area contributed by atoms with Gasteiger partial charge in [0.05, 0.1) is 12.9 Å². The topological polar surface area (TPSA) is 48.7 Å². The van der Waals surface area contributed by atoms with Gasteiger partial charge in [-0.15, -0.1) is 0 Å². The highest BCUT2D eigenvalue weighted by Crippen LogP contribution is 2.18. The summed E-state index contributed by atoms with van der Waals surface area (Å²) < 4.78 is 15.3. The van der Waals surface area contributed by atoms with Crippen LogP contribution in [0.1, 0.15) is 17.5 Å². The summed E-state index contributed by atoms with van der Waals surface area (Å²) in [7, 11) is 0. The van der Waals surface area contributed by atoms with E-state index in [1.807, 2.05) is 6.92 Å². The molecule has 0 fully saturated rings. The molecule has 2 aromatic rings. The summed E-state index contributed by atoms with van der Waals surface area (Å²) in [6.07, 6.45) is 1.43. The van der Waals surface area contributed by atoms with E-state index < -0.39 is 5.97 Å². The van der Waals surface area contributed by atoms with Crippen LogP contribution >= 0.6 is 0 Å². The van der Waals surface area contributed by atoms with Crippen molar-refractivity contribution in [2.75, 3.05) is 6.61 Å². The second kappa shape index (κ2) is 5.21. The van der Waals surface area contributed by atoms with Crippen molar-refractivity contribution in [3.05, 3.63) is 48.4 Å². The Kier molecular flexibility index (Phi) is 3.45. The van der Waals surface area contributed by atoms with E-state index >= 15 is 0 Å². The summed E-state index contributed by atoms with van der Waals surface area (Å²) in [5.74, 6) is 0.859. The van der Waals surface area contributed by atoms with Gasteiger partial charge in [0.2, 0.25) is 5.76 Å². The highest BCUT2D eigenvalue weighted by molar-refractivity contribution is 5.88. The summed E-state index contributed by atoms with van der Waals surface area (Å²) in [6.45, 7) is 2.51. The fourth-order valence-corrected chi connectivity index (χ4v) is 1.32. The first kappa shape index (κ1) is 11.3. The molecule has 1 aromatic heterocycles. The predicted molar refractivity (Wildman–Crippen MR) is 61.3 cm³/mol. The third-order valence-electron chi connectivity index (χ3n) is 2.07. The van der Waals surface area contributed by atoms with Crippen molar-refractivity contribution in [1.29, 1.82) is 0 Å². The van der Waals surface area contributed by atoms with Gasteiger partial charge in [-0.1, -0.05) is 0 Å². The van der Waals surface area contributed by atoms with E-state index in [9.17, 15) is 4.79 Å². The first-order valence-electron chi connectivity index (χ1n) is 5.28. The monoisotopic (exact) mass is 232 g/mol. The average Bonchev–Trinajstić information content (AvgIpc) is 2.86. The minimum Gasteiger partial charge on any atom is -0.494 e. The summed E-state index contributed by atoms with van der Waals surface area (Å²) in [4.78, 5) is 11.5. The molecular weight excluding hydrogens is 220 g/mol. The van der Waals surface area contributed by atoms with Gasteiger partial charge in [0, 0.05) is 0 Å². The molecule has 2 rings (SSSR count). The van der Waals surface area contributed by atoms with Crippen molar-refractivity contribution in [3.8, 4) is 11.5 Å². The Bertz CT molecular complexity index is 471. The summed E-state index contributed by atoms with van der Waals surface area (Å²) >= 11 is 0. The van der Waals surface area contributed by atoms with Crippen molar-refractivity contribution in [2.45, 2.75) is 6.92 Å². The van der Waals surface area contributed by atoms with Crippen molar-refractivity contribution in [2.24, 2.45) is 0 Å². The van der Waals surface area contributed by atoms with Crippen LogP contribution in [0.25, 0.3) is 0 Å². The average molecular weight is 232 g/mol. The fourth-order valence-electron chi connectivity index (χ4n) is 1.32. The maximum atomic E-state index is 11.5. The van der Waals surface area contributed by atoms with Gasteiger partial charge in [-0.2, -0.15) is 0 Å². The minimum atomic E-state index is -0.515. The van der Waals surface area contributed by atoms with Gasteiger partial charge in [0.1, 0.15) is 11.5 Å². The molecule has 0 unspecified atom stereocenters. The number of hydrogen-bond acceptors (Lipinski definition) is 4. The van der Waals surface area contributed by atoms with Crippen LogP contribution in [0, 0.1) is 0 Å². The molecule has 1 heterocycles. The smallest absolute Gasteiger partial charge is 0.379 e. The van der Waals surface area contributed by atoms with Crippen LogP contribution in [0.2, 0.25) is 0 Å². The molecule has 0 spiro atoms. The normalized spacial score (nSPS) is 9.94. The fraction of sp³-hybridized carbons (Fsp3) is 0.154. The van der Waals surface area contributed by atoms with E-state index in [-0.39, 0.29) is 5.76 Å². The zero-order chi connectivity index (χ0) is 12.1. The number of carbonyl (C=O) groups excluding carboxylic acids is 1. The van der Waals surface area contributed by atoms with E-state index in [2.05, 4.69) is 0 Å². The highest BCUT2D eigenvalue weighted by Gasteiger charge is 2.10. The van der Waals surface area contributed by atoms with E-state index in [1.54, 1.807) is 36.4 Å². The number of carbonyl (C=O) groups is 1. The Morgan fingerprint density at radius 1 is 1.18 bits per heavy atom. The molecule has 88 valence electrons. The molecule has 17 heavy (non-hydrogen) atoms. The third-order valence-corrected chi connectivity index (χ3v) is 2.07. The van der Waals surface area contributed by atoms with Crippen LogP contribution in [-0.2, 0) is 0 Å². The number of benzene rings is 1. The maximum absolute atomic E-state index is 11.5. The first-order chi connectivity index (χ1) is 8.29. The van der Waals surface area contributed by atoms with E-state index in [1.165, 1.54) is 6.26 Å². The molecule has 1 aromatic carbocycles. The van der Waals surface area contributed by atoms with Gasteiger partial charge in [0.15, 0.2) is 0 Å². The number of hydrogen-bond donors (Lipinski definition) is 0. The number of ether oxygens (including phenoxy) is 2. The third kappa shape index (κ3) is 2.87. The first-order valence-corrected chi connectivity index (χ1v) is 5.28. The standard InChI is InChI=1S/C13H12O4/c1-2-15-10-5-7-11(8-6-10)17-13(14)12-4-3-9-16-12/h3-9H,2H2,1H3. The second-order valence-corrected chi connectivity index (χ2v) is 3.27. The van der Waals surface area contributed by atoms with Gasteiger partial charge in [-0.25, -0.2) is 4.79 Å². The van der Waals surface area contributed by atoms with Crippen molar-refractivity contribution in [1.82, 2.24) is 0 Å². The lowest BCUT2D eigenvalue weighted by molar-refractivity contribution is 0.0701. The summed E-state index contributed by atoms with van der Waals surface area (Å²) in [5.41, 5.74) is 0. The Hall–Kier alpha value is -2.23. The highest BCUT2D eigenvalue weighted by atomic mass is 16.5. The van der Waals surface area contributed by atoms with Gasteiger partial charge in [-0.3, -0.25) is 0 Å². The van der Waals surface area contributed by atoms with Crippen LogP contribution in [0.5, 0.6) is 11.5 Å². The van der Waals surface area contributed by atoms with E-state index in [0.717, 1.165) is 5.75 Å². The zero-order valence-electron chi connectivity index (χ0n) is 9.38. The molecule has 4 nitrogen and oxygen atoms in total. The quantitative estimate of drug-likeness (QED) is 0.600. The van der Waals surface area contributed by atoms with E-state index in [0.29, 0.717) is 12.4 Å². The van der Waals surface area contributed by atoms with Crippen LogP contribution in [0.15, 0.2) is 47.1 Å². The molecule has 0 amide bonds. The lowest BCUT2D eigenvalue weighted by atomic mass is 10.3. The number of rotatable bonds is 4. The summed E-state index contributed by atoms with van der Waals surface area (Å²) in [5, 5.41) is 0. The maximum Gasteiger partial charge on any atom is 0.379 e. The molecule has 0 saturated heterocycles. The molecular formula is C13H12O4. The lowest BCUT2D eigenvalue weighted by Gasteiger charge is -2.04. The Balaban J connectivity index is 2.01. The largest absolute Gasteiger partial charge is 0.494 e. The lowest BCUT2D eigenvalue weighted by Crippen LogP contribution is -2.06. The van der Waals surface area contributed by atoms with Gasteiger partial charge in [0.25, 0.3) is 0 Å². The zero-order valence-corrected chi connectivity index (χ0v) is 9.38. The molecule has 4 heteroatoms. The minimum absolute atomic E-state index is 0.180. The van der Waals surface area contributed by atoms with Crippen LogP contribution in [-0.4, -0.2) is 12.6 Å². The van der Waals surface area contributed by atoms with Gasteiger partial charge < -0.3 is 13.9 Å². The Morgan fingerprint density at radius 3 is 2.47 bits per heavy atom. The Morgan fingerprint density at radius 2 is 1.88 bits per heavy atom. The predicted octanol–water partition coefficient (Wildman–Crippen LogP) is 2.90. The van der Waals surface area contributed by atoms with Crippen molar-refractivity contribution in [3.63, 3.8) is 0 Å². The molecule has 0 atom stereocenters. The number of esters is 1. The molecule has 0 bridgehead atoms. The van der Waals surface area contributed by atoms with Gasteiger partial charge in [-0.05, 0) is 43.3 Å². The van der Waals surface area contributed by atoms with Crippen molar-refractivity contribution < 1.29 is 18.7 Å². The van der Waals surface area contributed by atoms with Crippen LogP contribution in [0.3, 0.4) is 0 Å². The Labute approximate surface area is 98.8 Å². The van der Waals surface area contributed by atoms with Crippen molar-refractivity contribution >= 4 is 5.97 Å². The molecule has 0 aliphatic rings. The molecule has 0 N–H and O–H groups in total.